The van der Waals surface area contributed by atoms with Crippen molar-refractivity contribution in [3.8, 4) is 11.8 Å². The van der Waals surface area contributed by atoms with Gasteiger partial charge in [-0.25, -0.2) is 14.2 Å². The maximum atomic E-state index is 14.8. The summed E-state index contributed by atoms with van der Waals surface area (Å²) in [5.41, 5.74) is 5.81. The van der Waals surface area contributed by atoms with Crippen LogP contribution in [0.15, 0.2) is 18.6 Å². The SMILES string of the molecule is COC(=O)c1c(N)c(C#N)cn1-c1c(Cl)cc2[nH]cnc2c1F. The van der Waals surface area contributed by atoms with Crippen molar-refractivity contribution in [2.75, 3.05) is 12.8 Å². The Bertz CT molecular complexity index is 985. The lowest BCUT2D eigenvalue weighted by Gasteiger charge is -2.11. The number of benzene rings is 1. The number of fused-ring (bicyclic) bond motifs is 1. The molecular formula is C14H9ClFN5O2. The van der Waals surface area contributed by atoms with Crippen molar-refractivity contribution in [2.24, 2.45) is 0 Å². The number of esters is 1. The number of nitrogen functional groups attached to an aromatic ring is 1. The zero-order valence-electron chi connectivity index (χ0n) is 11.7. The average molecular weight is 334 g/mol. The summed E-state index contributed by atoms with van der Waals surface area (Å²) in [6.45, 7) is 0. The molecule has 0 fully saturated rings. The molecule has 3 rings (SSSR count). The number of aromatic amines is 1. The van der Waals surface area contributed by atoms with E-state index < -0.39 is 11.8 Å². The van der Waals surface area contributed by atoms with Gasteiger partial charge < -0.3 is 20.0 Å². The van der Waals surface area contributed by atoms with Crippen LogP contribution in [0.3, 0.4) is 0 Å². The number of nitrogens with one attached hydrogen (secondary N) is 1. The van der Waals surface area contributed by atoms with Gasteiger partial charge in [0, 0.05) is 6.20 Å². The predicted molar refractivity (Wildman–Crippen MR) is 80.9 cm³/mol. The number of aromatic nitrogens is 3. The highest BCUT2D eigenvalue weighted by molar-refractivity contribution is 6.33. The largest absolute Gasteiger partial charge is 0.464 e. The monoisotopic (exact) mass is 333 g/mol. The van der Waals surface area contributed by atoms with Gasteiger partial charge in [-0.2, -0.15) is 5.26 Å². The summed E-state index contributed by atoms with van der Waals surface area (Å²) in [5, 5.41) is 9.11. The maximum Gasteiger partial charge on any atom is 0.357 e. The number of nitrogens with two attached hydrogens (primary N) is 1. The number of carbonyl (C=O) groups is 1. The van der Waals surface area contributed by atoms with Crippen LogP contribution in [0.5, 0.6) is 0 Å². The molecule has 2 heterocycles. The molecule has 9 heteroatoms. The van der Waals surface area contributed by atoms with Crippen LogP contribution in [0.4, 0.5) is 10.1 Å². The molecule has 1 aromatic carbocycles. The molecule has 0 saturated heterocycles. The summed E-state index contributed by atoms with van der Waals surface area (Å²) in [5.74, 6) is -1.57. The number of carbonyl (C=O) groups excluding carboxylic acids is 1. The fraction of sp³-hybridized carbons (Fsp3) is 0.0714. The number of H-pyrrole nitrogens is 1. The summed E-state index contributed by atoms with van der Waals surface area (Å²) in [7, 11) is 1.15. The van der Waals surface area contributed by atoms with Crippen LogP contribution in [0.1, 0.15) is 16.1 Å². The first-order chi connectivity index (χ1) is 11.0. The number of nitriles is 1. The molecule has 0 aliphatic heterocycles. The van der Waals surface area contributed by atoms with Gasteiger partial charge in [-0.3, -0.25) is 0 Å². The Morgan fingerprint density at radius 2 is 2.35 bits per heavy atom. The second-order valence-electron chi connectivity index (χ2n) is 4.60. The number of halogens is 2. The van der Waals surface area contributed by atoms with Crippen LogP contribution in [0.2, 0.25) is 5.02 Å². The highest BCUT2D eigenvalue weighted by Crippen LogP contribution is 2.33. The molecule has 23 heavy (non-hydrogen) atoms. The molecule has 7 nitrogen and oxygen atoms in total. The van der Waals surface area contributed by atoms with E-state index in [4.69, 9.17) is 22.6 Å². The average Bonchev–Trinajstić information content (AvgIpc) is 3.11. The molecule has 0 saturated carbocycles. The van der Waals surface area contributed by atoms with Gasteiger partial charge in [0.25, 0.3) is 0 Å². The van der Waals surface area contributed by atoms with Gasteiger partial charge in [0.15, 0.2) is 11.5 Å². The summed E-state index contributed by atoms with van der Waals surface area (Å²) in [6.07, 6.45) is 2.55. The molecular weight excluding hydrogens is 325 g/mol. The first-order valence-electron chi connectivity index (χ1n) is 6.30. The van der Waals surface area contributed by atoms with Crippen LogP contribution < -0.4 is 5.73 Å². The Balaban J connectivity index is 2.39. The lowest BCUT2D eigenvalue weighted by atomic mass is 10.2. The second kappa shape index (κ2) is 5.30. The molecule has 0 aliphatic carbocycles. The zero-order chi connectivity index (χ0) is 16.7. The van der Waals surface area contributed by atoms with Gasteiger partial charge in [-0.15, -0.1) is 0 Å². The summed E-state index contributed by atoms with van der Waals surface area (Å²) < 4.78 is 20.5. The fourth-order valence-corrected chi connectivity index (χ4v) is 2.60. The quantitative estimate of drug-likeness (QED) is 0.700. The molecule has 0 radical (unpaired) electrons. The first kappa shape index (κ1) is 14.9. The molecule has 2 aromatic heterocycles. The third kappa shape index (κ3) is 2.10. The fourth-order valence-electron chi connectivity index (χ4n) is 2.31. The maximum absolute atomic E-state index is 14.8. The van der Waals surface area contributed by atoms with Crippen molar-refractivity contribution < 1.29 is 13.9 Å². The van der Waals surface area contributed by atoms with Crippen molar-refractivity contribution in [1.82, 2.24) is 14.5 Å². The molecule has 0 amide bonds. The minimum Gasteiger partial charge on any atom is -0.464 e. The van der Waals surface area contributed by atoms with Crippen LogP contribution in [0, 0.1) is 17.1 Å². The lowest BCUT2D eigenvalue weighted by molar-refractivity contribution is 0.0593. The standard InChI is InChI=1S/C14H9ClFN5O2/c1-23-14(22)13-10(18)6(3-17)4-21(13)12-7(15)2-8-11(9(12)16)20-5-19-8/h2,4-5H,18H2,1H3,(H,19,20). The van der Waals surface area contributed by atoms with Crippen molar-refractivity contribution in [3.05, 3.63) is 40.7 Å². The van der Waals surface area contributed by atoms with E-state index in [9.17, 15) is 9.18 Å². The molecule has 0 atom stereocenters. The highest BCUT2D eigenvalue weighted by atomic mass is 35.5. The first-order valence-corrected chi connectivity index (χ1v) is 6.68. The van der Waals surface area contributed by atoms with E-state index in [1.807, 2.05) is 6.07 Å². The van der Waals surface area contributed by atoms with E-state index in [2.05, 4.69) is 14.7 Å². The van der Waals surface area contributed by atoms with Crippen LogP contribution >= 0.6 is 11.6 Å². The summed E-state index contributed by atoms with van der Waals surface area (Å²) in [6, 6.07) is 3.30. The van der Waals surface area contributed by atoms with E-state index >= 15 is 0 Å². The predicted octanol–water partition coefficient (Wildman–Crippen LogP) is 2.39. The molecule has 116 valence electrons. The number of anilines is 1. The molecule has 3 aromatic rings. The molecule has 0 spiro atoms. The van der Waals surface area contributed by atoms with E-state index in [1.165, 1.54) is 18.6 Å². The van der Waals surface area contributed by atoms with Crippen molar-refractivity contribution >= 4 is 34.3 Å². The van der Waals surface area contributed by atoms with E-state index in [0.717, 1.165) is 11.7 Å². The number of nitrogens with zero attached hydrogens (tertiary/aromatic N) is 3. The number of hydrogen-bond acceptors (Lipinski definition) is 5. The summed E-state index contributed by atoms with van der Waals surface area (Å²) >= 11 is 6.14. The highest BCUT2D eigenvalue weighted by Gasteiger charge is 2.26. The second-order valence-corrected chi connectivity index (χ2v) is 5.01. The van der Waals surface area contributed by atoms with Gasteiger partial charge in [-0.05, 0) is 6.07 Å². The normalized spacial score (nSPS) is 10.7. The Morgan fingerprint density at radius 1 is 1.61 bits per heavy atom. The van der Waals surface area contributed by atoms with Crippen molar-refractivity contribution in [1.29, 1.82) is 5.26 Å². The van der Waals surface area contributed by atoms with Crippen LogP contribution in [0.25, 0.3) is 16.7 Å². The van der Waals surface area contributed by atoms with Gasteiger partial charge in [0.1, 0.15) is 17.3 Å². The Kier molecular flexibility index (Phi) is 3.42. The number of imidazole rings is 1. The zero-order valence-corrected chi connectivity index (χ0v) is 12.5. The number of rotatable bonds is 2. The van der Waals surface area contributed by atoms with Gasteiger partial charge in [0.2, 0.25) is 0 Å². The molecule has 3 N–H and O–H groups in total. The van der Waals surface area contributed by atoms with Crippen molar-refractivity contribution in [2.45, 2.75) is 0 Å². The molecule has 0 aliphatic rings. The third-order valence-electron chi connectivity index (χ3n) is 3.37. The lowest BCUT2D eigenvalue weighted by Crippen LogP contribution is -2.12. The van der Waals surface area contributed by atoms with Crippen LogP contribution in [-0.2, 0) is 4.74 Å². The Hall–Kier alpha value is -3.05. The number of hydrogen-bond donors (Lipinski definition) is 2. The number of ether oxygens (including phenoxy) is 1. The van der Waals surface area contributed by atoms with Crippen LogP contribution in [-0.4, -0.2) is 27.6 Å². The third-order valence-corrected chi connectivity index (χ3v) is 3.65. The minimum absolute atomic E-state index is 0.00277. The van der Waals surface area contributed by atoms with Gasteiger partial charge >= 0.3 is 5.97 Å². The van der Waals surface area contributed by atoms with Crippen molar-refractivity contribution in [3.63, 3.8) is 0 Å². The Morgan fingerprint density at radius 3 is 3.00 bits per heavy atom. The summed E-state index contributed by atoms with van der Waals surface area (Å²) in [4.78, 5) is 18.6. The smallest absolute Gasteiger partial charge is 0.357 e. The molecule has 0 bridgehead atoms. The molecule has 0 unspecified atom stereocenters. The van der Waals surface area contributed by atoms with Gasteiger partial charge in [-0.1, -0.05) is 11.6 Å². The van der Waals surface area contributed by atoms with E-state index in [-0.39, 0.29) is 33.2 Å². The van der Waals surface area contributed by atoms with E-state index in [0.29, 0.717) is 5.52 Å². The van der Waals surface area contributed by atoms with Gasteiger partial charge in [0.05, 0.1) is 35.2 Å². The topological polar surface area (TPSA) is 110 Å². The van der Waals surface area contributed by atoms with E-state index in [1.54, 1.807) is 0 Å². The Labute approximate surface area is 134 Å². The minimum atomic E-state index is -0.818. The number of methoxy groups -OCH3 is 1.